The van der Waals surface area contributed by atoms with Crippen LogP contribution in [0.3, 0.4) is 0 Å². The molecule has 0 amide bonds. The fourth-order valence-corrected chi connectivity index (χ4v) is 9.14. The molecule has 0 heterocycles. The fraction of sp³-hybridized carbons (Fsp3) is 0.536. The lowest BCUT2D eigenvalue weighted by Crippen LogP contribution is -2.55. The topological polar surface area (TPSA) is 51.2 Å². The molecule has 4 aliphatic rings. The third kappa shape index (κ3) is 4.73. The molecule has 0 aliphatic heterocycles. The van der Waals surface area contributed by atoms with Crippen LogP contribution in [0.2, 0.25) is 0 Å². The van der Waals surface area contributed by atoms with Crippen LogP contribution in [0.4, 0.5) is 17.6 Å². The minimum atomic E-state index is -4.52. The molecular weight excluding hydrogens is 492 g/mol. The van der Waals surface area contributed by atoms with E-state index in [0.29, 0.717) is 25.2 Å². The monoisotopic (exact) mass is 522 g/mol. The summed E-state index contributed by atoms with van der Waals surface area (Å²) in [7, 11) is -3.75. The molecule has 0 spiro atoms. The number of carbonyl (C=O) groups is 1. The molecular formula is C28H30F4O3S. The zero-order valence-corrected chi connectivity index (χ0v) is 20.9. The third-order valence-electron chi connectivity index (χ3n) is 8.94. The van der Waals surface area contributed by atoms with Crippen LogP contribution in [0.1, 0.15) is 62.5 Å². The Balaban J connectivity index is 1.29. The number of alkyl halides is 3. The number of hydrogen-bond donors (Lipinski definition) is 0. The lowest BCUT2D eigenvalue weighted by Gasteiger charge is -2.59. The van der Waals surface area contributed by atoms with Crippen LogP contribution in [0.25, 0.3) is 0 Å². The van der Waals surface area contributed by atoms with Gasteiger partial charge < -0.3 is 0 Å². The average molecular weight is 523 g/mol. The summed E-state index contributed by atoms with van der Waals surface area (Å²) >= 11 is 0. The van der Waals surface area contributed by atoms with Crippen LogP contribution in [-0.4, -0.2) is 20.0 Å². The summed E-state index contributed by atoms with van der Waals surface area (Å²) in [6.07, 6.45) is -0.0960. The van der Waals surface area contributed by atoms with E-state index in [1.54, 1.807) is 12.1 Å². The van der Waals surface area contributed by atoms with Gasteiger partial charge in [0.2, 0.25) is 0 Å². The van der Waals surface area contributed by atoms with E-state index in [1.165, 1.54) is 12.1 Å². The minimum Gasteiger partial charge on any atom is -0.299 e. The number of Topliss-reactive ketones (excluding diaryl/α,β-unsaturated/α-hetero) is 1. The van der Waals surface area contributed by atoms with Crippen molar-refractivity contribution in [2.24, 2.45) is 29.1 Å². The second-order valence-corrected chi connectivity index (χ2v) is 13.3. The summed E-state index contributed by atoms with van der Waals surface area (Å²) in [6.45, 7) is 1.98. The lowest BCUT2D eigenvalue weighted by molar-refractivity contribution is -0.149. The number of hydrogen-bond acceptors (Lipinski definition) is 3. The van der Waals surface area contributed by atoms with E-state index < -0.39 is 27.0 Å². The first kappa shape index (κ1) is 25.4. The zero-order chi connectivity index (χ0) is 25.9. The van der Waals surface area contributed by atoms with Crippen molar-refractivity contribution in [3.8, 4) is 0 Å². The highest BCUT2D eigenvalue weighted by molar-refractivity contribution is 7.91. The number of ketones is 1. The first-order valence-corrected chi connectivity index (χ1v) is 14.2. The smallest absolute Gasteiger partial charge is 0.299 e. The van der Waals surface area contributed by atoms with Gasteiger partial charge in [0.1, 0.15) is 11.6 Å². The summed E-state index contributed by atoms with van der Waals surface area (Å²) < 4.78 is 78.2. The maximum atomic E-state index is 13.6. The largest absolute Gasteiger partial charge is 0.416 e. The molecule has 0 aromatic heterocycles. The molecule has 4 aliphatic carbocycles. The van der Waals surface area contributed by atoms with Crippen molar-refractivity contribution in [2.75, 3.05) is 5.75 Å². The molecule has 36 heavy (non-hydrogen) atoms. The van der Waals surface area contributed by atoms with Gasteiger partial charge in [0.15, 0.2) is 9.84 Å². The van der Waals surface area contributed by atoms with Gasteiger partial charge in [-0.15, -0.1) is 0 Å². The molecule has 3 nitrogen and oxygen atoms in total. The van der Waals surface area contributed by atoms with E-state index in [4.69, 9.17) is 0 Å². The van der Waals surface area contributed by atoms with Crippen LogP contribution in [0.5, 0.6) is 0 Å². The summed E-state index contributed by atoms with van der Waals surface area (Å²) in [5.74, 6) is 0.398. The maximum Gasteiger partial charge on any atom is 0.416 e. The van der Waals surface area contributed by atoms with E-state index in [-0.39, 0.29) is 45.9 Å². The van der Waals surface area contributed by atoms with E-state index >= 15 is 0 Å². The molecule has 3 atom stereocenters. The van der Waals surface area contributed by atoms with Crippen LogP contribution in [0.15, 0.2) is 53.4 Å². The second-order valence-electron chi connectivity index (χ2n) is 11.3. The number of benzene rings is 2. The number of carbonyl (C=O) groups excluding carboxylic acids is 1. The van der Waals surface area contributed by atoms with E-state index in [2.05, 4.69) is 0 Å². The van der Waals surface area contributed by atoms with Crippen molar-refractivity contribution in [1.82, 2.24) is 0 Å². The molecule has 0 N–H and O–H groups in total. The molecule has 6 rings (SSSR count). The predicted octanol–water partition coefficient (Wildman–Crippen LogP) is 6.82. The highest BCUT2D eigenvalue weighted by atomic mass is 32.2. The van der Waals surface area contributed by atoms with Gasteiger partial charge in [-0.1, -0.05) is 19.1 Å². The van der Waals surface area contributed by atoms with Gasteiger partial charge in [0.05, 0.1) is 16.2 Å². The van der Waals surface area contributed by atoms with E-state index in [9.17, 15) is 30.8 Å². The van der Waals surface area contributed by atoms with Crippen molar-refractivity contribution in [3.63, 3.8) is 0 Å². The van der Waals surface area contributed by atoms with Crippen molar-refractivity contribution in [1.29, 1.82) is 0 Å². The minimum absolute atomic E-state index is 0.0260. The Kier molecular flexibility index (Phi) is 6.33. The van der Waals surface area contributed by atoms with Gasteiger partial charge in [0, 0.05) is 11.8 Å². The Bertz CT molecular complexity index is 1220. The number of halogens is 4. The quantitative estimate of drug-likeness (QED) is 0.375. The van der Waals surface area contributed by atoms with Gasteiger partial charge in [-0.2, -0.15) is 13.2 Å². The summed E-state index contributed by atoms with van der Waals surface area (Å²) in [4.78, 5) is 13.5. The van der Waals surface area contributed by atoms with Crippen molar-refractivity contribution < 1.29 is 30.8 Å². The number of rotatable bonds is 7. The van der Waals surface area contributed by atoms with Crippen molar-refractivity contribution >= 4 is 15.6 Å². The first-order chi connectivity index (χ1) is 16.9. The highest BCUT2D eigenvalue weighted by Gasteiger charge is 2.58. The molecule has 194 valence electrons. The Morgan fingerprint density at radius 1 is 0.972 bits per heavy atom. The molecule has 0 radical (unpaired) electrons. The SMILES string of the molecule is C[C@@H](CC(=O)C12CC3CC(C1)C(CS(=O)(=O)c1ccc(C(F)(F)F)cc1)C(C3)C2)c1ccc(F)cc1. The molecule has 2 unspecified atom stereocenters. The number of sulfone groups is 1. The predicted molar refractivity (Wildman–Crippen MR) is 127 cm³/mol. The molecule has 2 aromatic carbocycles. The van der Waals surface area contributed by atoms with E-state index in [1.807, 2.05) is 6.92 Å². The standard InChI is InChI=1S/C28H30F4O3S/c1-17(19-2-6-23(29)7-3-19)10-26(33)27-13-18-11-20(14-27)25(21(12-18)15-27)16-36(34,35)24-8-4-22(5-9-24)28(30,31)32/h2-9,17-18,20-21,25H,10-16H2,1H3/t17-,18?,20?,21?,25?,27?/m0/s1. The Morgan fingerprint density at radius 3 is 2.11 bits per heavy atom. The third-order valence-corrected chi connectivity index (χ3v) is 10.8. The first-order valence-electron chi connectivity index (χ1n) is 12.6. The Labute approximate surface area is 209 Å². The van der Waals surface area contributed by atoms with Crippen LogP contribution in [-0.2, 0) is 20.8 Å². The summed E-state index contributed by atoms with van der Waals surface area (Å²) in [5, 5.41) is 0. The van der Waals surface area contributed by atoms with Gasteiger partial charge in [-0.05, 0) is 104 Å². The second kappa shape index (κ2) is 8.96. The van der Waals surface area contributed by atoms with Crippen molar-refractivity contribution in [3.05, 3.63) is 65.5 Å². The van der Waals surface area contributed by atoms with Gasteiger partial charge in [0.25, 0.3) is 0 Å². The Hall–Kier alpha value is -2.22. The molecule has 8 heteroatoms. The molecule has 4 fully saturated rings. The zero-order valence-electron chi connectivity index (χ0n) is 20.1. The van der Waals surface area contributed by atoms with Gasteiger partial charge in [-0.25, -0.2) is 12.8 Å². The van der Waals surface area contributed by atoms with Crippen molar-refractivity contribution in [2.45, 2.75) is 62.4 Å². The molecule has 2 aromatic rings. The normalized spacial score (nSPS) is 30.4. The summed E-state index contributed by atoms with van der Waals surface area (Å²) in [5.41, 5.74) is -0.360. The van der Waals surface area contributed by atoms with Gasteiger partial charge in [-0.3, -0.25) is 4.79 Å². The van der Waals surface area contributed by atoms with Crippen LogP contribution >= 0.6 is 0 Å². The maximum absolute atomic E-state index is 13.6. The summed E-state index contributed by atoms with van der Waals surface area (Å²) in [6, 6.07) is 9.99. The lowest BCUT2D eigenvalue weighted by atomic mass is 9.45. The van der Waals surface area contributed by atoms with Crippen LogP contribution < -0.4 is 0 Å². The Morgan fingerprint density at radius 2 is 1.56 bits per heavy atom. The molecule has 0 saturated heterocycles. The molecule has 4 saturated carbocycles. The van der Waals surface area contributed by atoms with Gasteiger partial charge >= 0.3 is 6.18 Å². The fourth-order valence-electron chi connectivity index (χ4n) is 7.35. The highest BCUT2D eigenvalue weighted by Crippen LogP contribution is 2.63. The van der Waals surface area contributed by atoms with Crippen LogP contribution in [0, 0.1) is 34.9 Å². The average Bonchev–Trinajstić information content (AvgIpc) is 2.81. The molecule has 4 bridgehead atoms. The van der Waals surface area contributed by atoms with E-state index in [0.717, 1.165) is 49.1 Å².